The van der Waals surface area contributed by atoms with Crippen LogP contribution in [0.15, 0.2) is 11.2 Å². The van der Waals surface area contributed by atoms with Gasteiger partial charge < -0.3 is 15.8 Å². The van der Waals surface area contributed by atoms with E-state index in [0.29, 0.717) is 18.1 Å². The van der Waals surface area contributed by atoms with E-state index in [-0.39, 0.29) is 18.9 Å². The van der Waals surface area contributed by atoms with Crippen molar-refractivity contribution in [3.8, 4) is 0 Å². The number of nitrogens with zero attached hydrogens (tertiary/aromatic N) is 4. The molecule has 1 unspecified atom stereocenters. The zero-order valence-corrected chi connectivity index (χ0v) is 12.4. The number of aliphatic imine (C=N–C) groups is 1. The second-order valence-electron chi connectivity index (χ2n) is 4.51. The lowest BCUT2D eigenvalue weighted by atomic mass is 10.1. The molecule has 0 aliphatic carbocycles. The number of Topliss-reactive ketones (excluding diaryl/α,β-unsaturated/α-hetero) is 1. The number of nitrogens with one attached hydrogen (secondary N) is 1. The highest BCUT2D eigenvalue weighted by atomic mass is 16.5. The number of carbonyl (C=O) groups excluding carboxylic acids is 2. The van der Waals surface area contributed by atoms with Gasteiger partial charge in [0, 0.05) is 0 Å². The summed E-state index contributed by atoms with van der Waals surface area (Å²) in [6, 6.07) is -0.536. The molecule has 1 atom stereocenters. The maximum Gasteiger partial charge on any atom is 0.309 e. The van der Waals surface area contributed by atoms with Crippen molar-refractivity contribution in [2.24, 2.45) is 10.7 Å². The molecular formula is C12H20N6O3. The molecule has 1 heterocycles. The highest BCUT2D eigenvalue weighted by molar-refractivity contribution is 5.86. The molecule has 1 rings (SSSR count). The van der Waals surface area contributed by atoms with Gasteiger partial charge in [-0.15, -0.1) is 5.10 Å². The smallest absolute Gasteiger partial charge is 0.309 e. The summed E-state index contributed by atoms with van der Waals surface area (Å²) in [6.07, 6.45) is 1.59. The zero-order valence-electron chi connectivity index (χ0n) is 12.4. The van der Waals surface area contributed by atoms with E-state index in [0.717, 1.165) is 0 Å². The van der Waals surface area contributed by atoms with Gasteiger partial charge in [0.1, 0.15) is 11.5 Å². The first-order chi connectivity index (χ1) is 9.92. The topological polar surface area (TPSA) is 124 Å². The third kappa shape index (κ3) is 6.13. The van der Waals surface area contributed by atoms with Gasteiger partial charge in [-0.2, -0.15) is 0 Å². The summed E-state index contributed by atoms with van der Waals surface area (Å²) >= 11 is 0. The van der Waals surface area contributed by atoms with Crippen LogP contribution in [0, 0.1) is 0 Å². The van der Waals surface area contributed by atoms with Crippen molar-refractivity contribution in [1.82, 2.24) is 20.3 Å². The highest BCUT2D eigenvalue weighted by Gasteiger charge is 2.17. The summed E-state index contributed by atoms with van der Waals surface area (Å²) in [5, 5.41) is 10.4. The molecule has 0 spiro atoms. The molecule has 0 bridgehead atoms. The molecule has 0 fully saturated rings. The van der Waals surface area contributed by atoms with E-state index in [9.17, 15) is 9.59 Å². The summed E-state index contributed by atoms with van der Waals surface area (Å²) in [5.41, 5.74) is 6.04. The lowest BCUT2D eigenvalue weighted by Crippen LogP contribution is -2.35. The van der Waals surface area contributed by atoms with Crippen LogP contribution in [-0.4, -0.2) is 45.7 Å². The van der Waals surface area contributed by atoms with Crippen molar-refractivity contribution in [3.63, 3.8) is 0 Å². The van der Waals surface area contributed by atoms with E-state index in [1.54, 1.807) is 20.2 Å². The predicted molar refractivity (Wildman–Crippen MR) is 75.3 cm³/mol. The van der Waals surface area contributed by atoms with Crippen LogP contribution in [0.25, 0.3) is 0 Å². The van der Waals surface area contributed by atoms with Crippen LogP contribution in [0.1, 0.15) is 26.0 Å². The Bertz CT molecular complexity index is 521. The predicted octanol–water partition coefficient (Wildman–Crippen LogP) is -0.777. The molecule has 9 heteroatoms. The number of likely N-dealkylation sites (N-methyl/N-ethyl adjacent to an activating group) is 1. The Labute approximate surface area is 122 Å². The Balaban J connectivity index is 2.43. The van der Waals surface area contributed by atoms with Gasteiger partial charge in [-0.25, -0.2) is 4.68 Å². The minimum atomic E-state index is -0.536. The lowest BCUT2D eigenvalue weighted by Gasteiger charge is -2.11. The van der Waals surface area contributed by atoms with Crippen molar-refractivity contribution in [1.29, 1.82) is 0 Å². The van der Waals surface area contributed by atoms with Crippen LogP contribution in [0.5, 0.6) is 0 Å². The van der Waals surface area contributed by atoms with Gasteiger partial charge in [0.05, 0.1) is 31.0 Å². The monoisotopic (exact) mass is 296 g/mol. The van der Waals surface area contributed by atoms with E-state index in [1.165, 1.54) is 11.6 Å². The Morgan fingerprint density at radius 1 is 1.52 bits per heavy atom. The number of aromatic nitrogens is 3. The number of ketones is 1. The van der Waals surface area contributed by atoms with E-state index >= 15 is 0 Å². The number of hydrogen-bond donors (Lipinski definition) is 2. The number of carbonyl (C=O) groups is 2. The summed E-state index contributed by atoms with van der Waals surface area (Å²) in [7, 11) is 1.61. The highest BCUT2D eigenvalue weighted by Crippen LogP contribution is 1.99. The van der Waals surface area contributed by atoms with Gasteiger partial charge in [0.2, 0.25) is 0 Å². The first kappa shape index (κ1) is 16.8. The van der Waals surface area contributed by atoms with Crippen LogP contribution in [0.3, 0.4) is 0 Å². The minimum absolute atomic E-state index is 0.0238. The van der Waals surface area contributed by atoms with Gasteiger partial charge in [-0.3, -0.25) is 14.6 Å². The number of rotatable bonds is 8. The largest absolute Gasteiger partial charge is 0.442 e. The molecule has 116 valence electrons. The number of amidine groups is 1. The van der Waals surface area contributed by atoms with Gasteiger partial charge in [-0.05, 0) is 20.9 Å². The molecule has 1 aromatic heterocycles. The quantitative estimate of drug-likeness (QED) is 0.366. The third-order valence-electron chi connectivity index (χ3n) is 2.64. The van der Waals surface area contributed by atoms with Gasteiger partial charge in [0.15, 0.2) is 6.73 Å². The number of esters is 1. The molecule has 9 nitrogen and oxygen atoms in total. The summed E-state index contributed by atoms with van der Waals surface area (Å²) in [5.74, 6) is -0.150. The van der Waals surface area contributed by atoms with Crippen LogP contribution in [-0.2, 0) is 27.6 Å². The second-order valence-corrected chi connectivity index (χ2v) is 4.51. The Kier molecular flexibility index (Phi) is 6.47. The average molecular weight is 296 g/mol. The van der Waals surface area contributed by atoms with E-state index in [1.807, 2.05) is 0 Å². The number of hydrogen-bond acceptors (Lipinski definition) is 7. The Morgan fingerprint density at radius 2 is 2.24 bits per heavy atom. The standard InChI is InChI=1S/C12H20N6O3/c1-8(19)11(14-3)4-12(20)21-7-18-6-10(16-17-18)5-15-9(2)13/h6,11,14H,4-5,7H2,1-3H3,(H2,13,15). The van der Waals surface area contributed by atoms with Crippen LogP contribution in [0.2, 0.25) is 0 Å². The summed E-state index contributed by atoms with van der Waals surface area (Å²) in [6.45, 7) is 3.35. The van der Waals surface area contributed by atoms with E-state index in [2.05, 4.69) is 20.6 Å². The fraction of sp³-hybridized carbons (Fsp3) is 0.583. The average Bonchev–Trinajstić information content (AvgIpc) is 2.88. The molecule has 0 saturated heterocycles. The lowest BCUT2D eigenvalue weighted by molar-refractivity contribution is -0.149. The Hall–Kier alpha value is -2.29. The number of ether oxygens (including phenoxy) is 1. The Morgan fingerprint density at radius 3 is 2.81 bits per heavy atom. The van der Waals surface area contributed by atoms with Gasteiger partial charge in [-0.1, -0.05) is 5.21 Å². The van der Waals surface area contributed by atoms with E-state index < -0.39 is 12.0 Å². The minimum Gasteiger partial charge on any atom is -0.442 e. The molecule has 21 heavy (non-hydrogen) atoms. The maximum absolute atomic E-state index is 11.6. The fourth-order valence-corrected chi connectivity index (χ4v) is 1.49. The molecule has 1 aromatic rings. The maximum atomic E-state index is 11.6. The van der Waals surface area contributed by atoms with Gasteiger partial charge in [0.25, 0.3) is 0 Å². The molecule has 0 aliphatic rings. The normalized spacial score (nSPS) is 13.0. The first-order valence-electron chi connectivity index (χ1n) is 6.41. The molecule has 0 saturated carbocycles. The third-order valence-corrected chi connectivity index (χ3v) is 2.64. The summed E-state index contributed by atoms with van der Waals surface area (Å²) in [4.78, 5) is 26.8. The molecular weight excluding hydrogens is 276 g/mol. The SMILES string of the molecule is CNC(CC(=O)OCn1cc(CN=C(C)N)nn1)C(C)=O. The van der Waals surface area contributed by atoms with Crippen molar-refractivity contribution >= 4 is 17.6 Å². The van der Waals surface area contributed by atoms with Crippen molar-refractivity contribution < 1.29 is 14.3 Å². The first-order valence-corrected chi connectivity index (χ1v) is 6.41. The summed E-state index contributed by atoms with van der Waals surface area (Å²) < 4.78 is 6.39. The van der Waals surface area contributed by atoms with Gasteiger partial charge >= 0.3 is 5.97 Å². The van der Waals surface area contributed by atoms with E-state index in [4.69, 9.17) is 10.5 Å². The molecule has 0 aliphatic heterocycles. The van der Waals surface area contributed by atoms with Crippen LogP contribution >= 0.6 is 0 Å². The molecule has 0 aromatic carbocycles. The number of nitrogens with two attached hydrogens (primary N) is 1. The van der Waals surface area contributed by atoms with Crippen LogP contribution in [0.4, 0.5) is 0 Å². The fourth-order valence-electron chi connectivity index (χ4n) is 1.49. The second kappa shape index (κ2) is 8.10. The zero-order chi connectivity index (χ0) is 15.8. The van der Waals surface area contributed by atoms with Crippen molar-refractivity contribution in [2.75, 3.05) is 7.05 Å². The molecule has 3 N–H and O–H groups in total. The molecule has 0 amide bonds. The molecule has 0 radical (unpaired) electrons. The van der Waals surface area contributed by atoms with Crippen molar-refractivity contribution in [2.45, 2.75) is 39.6 Å². The van der Waals surface area contributed by atoms with Crippen molar-refractivity contribution in [3.05, 3.63) is 11.9 Å². The van der Waals surface area contributed by atoms with Crippen LogP contribution < -0.4 is 11.1 Å².